The van der Waals surface area contributed by atoms with Crippen LogP contribution in [0.2, 0.25) is 0 Å². The standard InChI is InChI=1S/C17H26N2O3/c1-4-10-18-16(20)15(11-13(2)3)19-17(21)22-12-14-8-6-5-7-9-14/h5-9,13,15H,4,10-12H2,1-3H3,(H,18,20)(H,19,21). The lowest BCUT2D eigenvalue weighted by molar-refractivity contribution is -0.123. The molecule has 0 aliphatic carbocycles. The van der Waals surface area contributed by atoms with Crippen molar-refractivity contribution in [2.45, 2.75) is 46.3 Å². The van der Waals surface area contributed by atoms with Crippen molar-refractivity contribution in [3.63, 3.8) is 0 Å². The molecule has 0 aromatic heterocycles. The van der Waals surface area contributed by atoms with Crippen LogP contribution >= 0.6 is 0 Å². The fourth-order valence-electron chi connectivity index (χ4n) is 1.98. The zero-order chi connectivity index (χ0) is 16.4. The van der Waals surface area contributed by atoms with Crippen LogP contribution < -0.4 is 10.6 Å². The molecule has 22 heavy (non-hydrogen) atoms. The van der Waals surface area contributed by atoms with Gasteiger partial charge in [-0.1, -0.05) is 51.1 Å². The van der Waals surface area contributed by atoms with Gasteiger partial charge in [-0.2, -0.15) is 0 Å². The van der Waals surface area contributed by atoms with Gasteiger partial charge < -0.3 is 15.4 Å². The molecule has 1 atom stereocenters. The molecule has 122 valence electrons. The van der Waals surface area contributed by atoms with Crippen LogP contribution in [0, 0.1) is 5.92 Å². The molecule has 0 aliphatic heterocycles. The topological polar surface area (TPSA) is 67.4 Å². The highest BCUT2D eigenvalue weighted by molar-refractivity contribution is 5.85. The van der Waals surface area contributed by atoms with E-state index in [0.29, 0.717) is 18.9 Å². The smallest absolute Gasteiger partial charge is 0.408 e. The zero-order valence-electron chi connectivity index (χ0n) is 13.6. The van der Waals surface area contributed by atoms with Gasteiger partial charge in [0.05, 0.1) is 0 Å². The average Bonchev–Trinajstić information content (AvgIpc) is 2.50. The number of hydrogen-bond acceptors (Lipinski definition) is 3. The van der Waals surface area contributed by atoms with E-state index in [1.54, 1.807) is 0 Å². The molecule has 0 saturated heterocycles. The molecule has 0 saturated carbocycles. The Morgan fingerprint density at radius 3 is 2.45 bits per heavy atom. The maximum absolute atomic E-state index is 12.1. The highest BCUT2D eigenvalue weighted by Gasteiger charge is 2.22. The van der Waals surface area contributed by atoms with Crippen LogP contribution in [0.5, 0.6) is 0 Å². The van der Waals surface area contributed by atoms with Crippen LogP contribution in [0.25, 0.3) is 0 Å². The van der Waals surface area contributed by atoms with Gasteiger partial charge in [-0.3, -0.25) is 4.79 Å². The highest BCUT2D eigenvalue weighted by atomic mass is 16.5. The van der Waals surface area contributed by atoms with Gasteiger partial charge in [0.1, 0.15) is 12.6 Å². The second-order valence-corrected chi connectivity index (χ2v) is 5.68. The summed E-state index contributed by atoms with van der Waals surface area (Å²) in [7, 11) is 0. The number of carbonyl (C=O) groups is 2. The number of amides is 2. The zero-order valence-corrected chi connectivity index (χ0v) is 13.6. The summed E-state index contributed by atoms with van der Waals surface area (Å²) >= 11 is 0. The molecule has 0 heterocycles. The van der Waals surface area contributed by atoms with Crippen LogP contribution in [-0.2, 0) is 16.1 Å². The maximum Gasteiger partial charge on any atom is 0.408 e. The average molecular weight is 306 g/mol. The Labute approximate surface area is 132 Å². The number of alkyl carbamates (subject to hydrolysis) is 1. The van der Waals surface area contributed by atoms with Gasteiger partial charge in [0, 0.05) is 6.54 Å². The molecule has 0 spiro atoms. The first kappa shape index (κ1) is 18.0. The first-order valence-corrected chi connectivity index (χ1v) is 7.77. The van der Waals surface area contributed by atoms with E-state index in [0.717, 1.165) is 12.0 Å². The lowest BCUT2D eigenvalue weighted by Crippen LogP contribution is -2.47. The third-order valence-electron chi connectivity index (χ3n) is 3.08. The molecule has 0 fully saturated rings. The lowest BCUT2D eigenvalue weighted by Gasteiger charge is -2.19. The molecular weight excluding hydrogens is 280 g/mol. The molecule has 5 nitrogen and oxygen atoms in total. The molecule has 1 aromatic rings. The van der Waals surface area contributed by atoms with Crippen molar-refractivity contribution in [3.8, 4) is 0 Å². The fraction of sp³-hybridized carbons (Fsp3) is 0.529. The van der Waals surface area contributed by atoms with Gasteiger partial charge in [-0.05, 0) is 24.3 Å². The third-order valence-corrected chi connectivity index (χ3v) is 3.08. The first-order valence-electron chi connectivity index (χ1n) is 7.77. The minimum absolute atomic E-state index is 0.160. The monoisotopic (exact) mass is 306 g/mol. The predicted octanol–water partition coefficient (Wildman–Crippen LogP) is 2.85. The van der Waals surface area contributed by atoms with Crippen molar-refractivity contribution in [3.05, 3.63) is 35.9 Å². The predicted molar refractivity (Wildman–Crippen MR) is 86.3 cm³/mol. The summed E-state index contributed by atoms with van der Waals surface area (Å²) in [5, 5.41) is 5.46. The lowest BCUT2D eigenvalue weighted by atomic mass is 10.0. The van der Waals surface area contributed by atoms with E-state index in [-0.39, 0.29) is 12.5 Å². The van der Waals surface area contributed by atoms with Gasteiger partial charge in [-0.15, -0.1) is 0 Å². The van der Waals surface area contributed by atoms with Gasteiger partial charge in [-0.25, -0.2) is 4.79 Å². The number of ether oxygens (including phenoxy) is 1. The summed E-state index contributed by atoms with van der Waals surface area (Å²) in [5.41, 5.74) is 0.911. The van der Waals surface area contributed by atoms with E-state index >= 15 is 0 Å². The van der Waals surface area contributed by atoms with Crippen molar-refractivity contribution >= 4 is 12.0 Å². The Bertz CT molecular complexity index is 460. The molecular formula is C17H26N2O3. The van der Waals surface area contributed by atoms with Crippen LogP contribution in [0.4, 0.5) is 4.79 Å². The molecule has 2 amide bonds. The van der Waals surface area contributed by atoms with E-state index in [2.05, 4.69) is 10.6 Å². The Balaban J connectivity index is 2.49. The van der Waals surface area contributed by atoms with E-state index in [1.165, 1.54) is 0 Å². The summed E-state index contributed by atoms with van der Waals surface area (Å²) in [6.45, 7) is 6.80. The van der Waals surface area contributed by atoms with Crippen LogP contribution in [0.1, 0.15) is 39.2 Å². The van der Waals surface area contributed by atoms with Crippen molar-refractivity contribution in [1.29, 1.82) is 0 Å². The number of benzene rings is 1. The molecule has 1 aromatic carbocycles. The molecule has 1 rings (SSSR count). The number of hydrogen-bond donors (Lipinski definition) is 2. The summed E-state index contributed by atoms with van der Waals surface area (Å²) in [5.74, 6) is 0.138. The van der Waals surface area contributed by atoms with E-state index in [1.807, 2.05) is 51.1 Å². The van der Waals surface area contributed by atoms with Crippen molar-refractivity contribution in [1.82, 2.24) is 10.6 Å². The van der Waals surface area contributed by atoms with Crippen LogP contribution in [-0.4, -0.2) is 24.6 Å². The van der Waals surface area contributed by atoms with Crippen molar-refractivity contribution in [2.24, 2.45) is 5.92 Å². The Hall–Kier alpha value is -2.04. The Morgan fingerprint density at radius 2 is 1.86 bits per heavy atom. The molecule has 0 bridgehead atoms. The second-order valence-electron chi connectivity index (χ2n) is 5.68. The van der Waals surface area contributed by atoms with Gasteiger partial charge in [0.25, 0.3) is 0 Å². The van der Waals surface area contributed by atoms with Crippen LogP contribution in [0.3, 0.4) is 0 Å². The van der Waals surface area contributed by atoms with Gasteiger partial charge in [0.15, 0.2) is 0 Å². The molecule has 0 radical (unpaired) electrons. The van der Waals surface area contributed by atoms with Gasteiger partial charge in [0.2, 0.25) is 5.91 Å². The van der Waals surface area contributed by atoms with Gasteiger partial charge >= 0.3 is 6.09 Å². The minimum Gasteiger partial charge on any atom is -0.445 e. The Morgan fingerprint density at radius 1 is 1.18 bits per heavy atom. The van der Waals surface area contributed by atoms with Crippen molar-refractivity contribution < 1.29 is 14.3 Å². The molecule has 1 unspecified atom stereocenters. The minimum atomic E-state index is -0.568. The summed E-state index contributed by atoms with van der Waals surface area (Å²) in [4.78, 5) is 23.9. The largest absolute Gasteiger partial charge is 0.445 e. The summed E-state index contributed by atoms with van der Waals surface area (Å²) in [6.07, 6.45) is 0.871. The van der Waals surface area contributed by atoms with Crippen molar-refractivity contribution in [2.75, 3.05) is 6.54 Å². The van der Waals surface area contributed by atoms with E-state index < -0.39 is 12.1 Å². The quantitative estimate of drug-likeness (QED) is 0.776. The molecule has 2 N–H and O–H groups in total. The molecule has 0 aliphatic rings. The normalized spacial score (nSPS) is 11.8. The SMILES string of the molecule is CCCNC(=O)C(CC(C)C)NC(=O)OCc1ccccc1. The summed E-state index contributed by atoms with van der Waals surface area (Å²) in [6, 6.07) is 8.88. The molecule has 5 heteroatoms. The number of rotatable bonds is 8. The summed E-state index contributed by atoms with van der Waals surface area (Å²) < 4.78 is 5.16. The van der Waals surface area contributed by atoms with Crippen LogP contribution in [0.15, 0.2) is 30.3 Å². The maximum atomic E-state index is 12.1. The Kier molecular flexibility index (Phi) is 8.04. The first-order chi connectivity index (χ1) is 10.5. The number of nitrogens with one attached hydrogen (secondary N) is 2. The highest BCUT2D eigenvalue weighted by Crippen LogP contribution is 2.06. The van der Waals surface area contributed by atoms with E-state index in [9.17, 15) is 9.59 Å². The fourth-order valence-corrected chi connectivity index (χ4v) is 1.98. The van der Waals surface area contributed by atoms with E-state index in [4.69, 9.17) is 4.74 Å². The third kappa shape index (κ3) is 7.11. The number of carbonyl (C=O) groups excluding carboxylic acids is 2. The second kappa shape index (κ2) is 9.82.